The van der Waals surface area contributed by atoms with Crippen molar-refractivity contribution in [3.63, 3.8) is 0 Å². The molecule has 1 heterocycles. The highest BCUT2D eigenvalue weighted by Gasteiger charge is 2.30. The van der Waals surface area contributed by atoms with Crippen molar-refractivity contribution in [2.75, 3.05) is 0 Å². The molecule has 1 N–H and O–H groups in total. The van der Waals surface area contributed by atoms with Gasteiger partial charge in [-0.15, -0.1) is 0 Å². The van der Waals surface area contributed by atoms with E-state index in [1.54, 1.807) is 0 Å². The number of ether oxygens (including phenoxy) is 1. The molecular weight excluding hydrogens is 366 g/mol. The first kappa shape index (κ1) is 19.5. The number of hydrogen-bond donors (Lipinski definition) is 1. The minimum absolute atomic E-state index is 0.00382. The molecule has 2 aromatic rings. The van der Waals surface area contributed by atoms with Gasteiger partial charge in [-0.25, -0.2) is 8.78 Å². The van der Waals surface area contributed by atoms with Gasteiger partial charge < -0.3 is 10.1 Å². The van der Waals surface area contributed by atoms with Crippen molar-refractivity contribution in [3.8, 4) is 5.75 Å². The summed E-state index contributed by atoms with van der Waals surface area (Å²) >= 11 is 0. The Labute approximate surface area is 143 Å². The summed E-state index contributed by atoms with van der Waals surface area (Å²) in [5.74, 6) is -0.928. The lowest BCUT2D eigenvalue weighted by Crippen LogP contribution is -2.24. The Hall–Kier alpha value is -2.78. The Balaban J connectivity index is 1.97. The Bertz CT molecular complexity index is 749. The fourth-order valence-electron chi connectivity index (χ4n) is 1.86. The SMILES string of the molecule is O=C(NCc1ccc(C(F)(F)F)cn1)c1cccc(OC(F)C(F)F)c1. The van der Waals surface area contributed by atoms with E-state index in [0.717, 1.165) is 18.2 Å². The highest BCUT2D eigenvalue weighted by molar-refractivity contribution is 5.94. The maximum absolute atomic E-state index is 12.9. The van der Waals surface area contributed by atoms with Crippen molar-refractivity contribution >= 4 is 5.91 Å². The number of rotatable bonds is 6. The van der Waals surface area contributed by atoms with Gasteiger partial charge in [0.1, 0.15) is 5.75 Å². The van der Waals surface area contributed by atoms with Crippen LogP contribution in [0.15, 0.2) is 42.6 Å². The van der Waals surface area contributed by atoms with E-state index in [1.807, 2.05) is 0 Å². The van der Waals surface area contributed by atoms with Gasteiger partial charge in [0.05, 0.1) is 17.8 Å². The second-order valence-electron chi connectivity index (χ2n) is 5.05. The number of carbonyl (C=O) groups is 1. The molecule has 1 atom stereocenters. The molecule has 0 aliphatic rings. The number of amides is 1. The number of halogens is 6. The van der Waals surface area contributed by atoms with Gasteiger partial charge in [-0.2, -0.15) is 17.6 Å². The zero-order chi connectivity index (χ0) is 19.3. The molecule has 10 heteroatoms. The molecule has 0 saturated heterocycles. The lowest BCUT2D eigenvalue weighted by molar-refractivity contribution is -0.137. The smallest absolute Gasteiger partial charge is 0.417 e. The Morgan fingerprint density at radius 1 is 1.15 bits per heavy atom. The minimum atomic E-state index is -4.51. The lowest BCUT2D eigenvalue weighted by atomic mass is 10.2. The van der Waals surface area contributed by atoms with Crippen LogP contribution in [0.25, 0.3) is 0 Å². The number of alkyl halides is 6. The normalized spacial score (nSPS) is 12.7. The van der Waals surface area contributed by atoms with Crippen LogP contribution in [0.1, 0.15) is 21.6 Å². The van der Waals surface area contributed by atoms with Crippen molar-refractivity contribution in [3.05, 3.63) is 59.4 Å². The molecule has 1 aromatic carbocycles. The average Bonchev–Trinajstić information content (AvgIpc) is 2.59. The standard InChI is InChI=1S/C16H12F6N2O2/c17-13(18)14(19)26-12-3-1-2-9(6-12)15(25)24-8-11-5-4-10(7-23-11)16(20,21)22/h1-7,13-14H,8H2,(H,24,25). The third-order valence-electron chi connectivity index (χ3n) is 3.13. The molecular formula is C16H12F6N2O2. The van der Waals surface area contributed by atoms with Crippen molar-refractivity contribution in [2.24, 2.45) is 0 Å². The summed E-state index contributed by atoms with van der Waals surface area (Å²) in [4.78, 5) is 15.6. The van der Waals surface area contributed by atoms with E-state index in [-0.39, 0.29) is 23.6 Å². The van der Waals surface area contributed by atoms with Gasteiger partial charge in [0, 0.05) is 11.8 Å². The molecule has 0 fully saturated rings. The van der Waals surface area contributed by atoms with E-state index < -0.39 is 30.4 Å². The minimum Gasteiger partial charge on any atom is -0.454 e. The van der Waals surface area contributed by atoms with Crippen molar-refractivity contribution in [1.82, 2.24) is 10.3 Å². The van der Waals surface area contributed by atoms with Gasteiger partial charge >= 0.3 is 12.6 Å². The lowest BCUT2D eigenvalue weighted by Gasteiger charge is -2.11. The van der Waals surface area contributed by atoms with Crippen molar-refractivity contribution in [2.45, 2.75) is 25.5 Å². The Morgan fingerprint density at radius 2 is 1.88 bits per heavy atom. The van der Waals surface area contributed by atoms with Gasteiger partial charge in [-0.1, -0.05) is 6.07 Å². The molecule has 0 saturated carbocycles. The predicted molar refractivity (Wildman–Crippen MR) is 78.4 cm³/mol. The van der Waals surface area contributed by atoms with E-state index in [2.05, 4.69) is 15.0 Å². The van der Waals surface area contributed by atoms with Crippen molar-refractivity contribution < 1.29 is 35.9 Å². The quantitative estimate of drug-likeness (QED) is 0.774. The maximum atomic E-state index is 12.9. The summed E-state index contributed by atoms with van der Waals surface area (Å²) in [6.45, 7) is -0.162. The summed E-state index contributed by atoms with van der Waals surface area (Å²) in [5.41, 5.74) is -0.742. The van der Waals surface area contributed by atoms with Gasteiger partial charge in [-0.3, -0.25) is 9.78 Å². The second-order valence-corrected chi connectivity index (χ2v) is 5.05. The third kappa shape index (κ3) is 5.36. The Morgan fingerprint density at radius 3 is 2.46 bits per heavy atom. The first-order chi connectivity index (χ1) is 12.2. The summed E-state index contributed by atoms with van der Waals surface area (Å²) in [6, 6.07) is 6.83. The summed E-state index contributed by atoms with van der Waals surface area (Å²) in [6.07, 6.45) is -10.0. The number of nitrogens with one attached hydrogen (secondary N) is 1. The number of pyridine rings is 1. The zero-order valence-corrected chi connectivity index (χ0v) is 12.9. The zero-order valence-electron chi connectivity index (χ0n) is 12.9. The van der Waals surface area contributed by atoms with Crippen LogP contribution in [0.5, 0.6) is 5.75 Å². The van der Waals surface area contributed by atoms with Crippen LogP contribution in [0, 0.1) is 0 Å². The molecule has 1 unspecified atom stereocenters. The van der Waals surface area contributed by atoms with Crippen LogP contribution in [-0.4, -0.2) is 23.7 Å². The number of hydrogen-bond acceptors (Lipinski definition) is 3. The number of aromatic nitrogens is 1. The predicted octanol–water partition coefficient (Wildman–Crippen LogP) is 3.97. The number of benzene rings is 1. The van der Waals surface area contributed by atoms with E-state index >= 15 is 0 Å². The summed E-state index contributed by atoms with van der Waals surface area (Å²) < 4.78 is 78.8. The van der Waals surface area contributed by atoms with Gasteiger partial charge in [0.15, 0.2) is 0 Å². The first-order valence-corrected chi connectivity index (χ1v) is 7.16. The largest absolute Gasteiger partial charge is 0.454 e. The molecule has 26 heavy (non-hydrogen) atoms. The third-order valence-corrected chi connectivity index (χ3v) is 3.13. The molecule has 0 aliphatic carbocycles. The first-order valence-electron chi connectivity index (χ1n) is 7.16. The molecule has 2 rings (SSSR count). The second kappa shape index (κ2) is 8.07. The van der Waals surface area contributed by atoms with E-state index in [9.17, 15) is 31.1 Å². The van der Waals surface area contributed by atoms with Gasteiger partial charge in [0.25, 0.3) is 12.3 Å². The van der Waals surface area contributed by atoms with Crippen LogP contribution in [0.2, 0.25) is 0 Å². The molecule has 1 amide bonds. The molecule has 0 spiro atoms. The summed E-state index contributed by atoms with van der Waals surface area (Å²) in [7, 11) is 0. The van der Waals surface area contributed by atoms with Crippen LogP contribution in [0.3, 0.4) is 0 Å². The van der Waals surface area contributed by atoms with Gasteiger partial charge in [-0.05, 0) is 30.3 Å². The average molecular weight is 378 g/mol. The van der Waals surface area contributed by atoms with Crippen molar-refractivity contribution in [1.29, 1.82) is 0 Å². The highest BCUT2D eigenvalue weighted by Crippen LogP contribution is 2.28. The molecule has 0 radical (unpaired) electrons. The van der Waals surface area contributed by atoms with Gasteiger partial charge in [0.2, 0.25) is 0 Å². The maximum Gasteiger partial charge on any atom is 0.417 e. The Kier molecular flexibility index (Phi) is 6.06. The molecule has 140 valence electrons. The molecule has 0 bridgehead atoms. The fraction of sp³-hybridized carbons (Fsp3) is 0.250. The van der Waals surface area contributed by atoms with E-state index in [0.29, 0.717) is 6.20 Å². The van der Waals surface area contributed by atoms with Crippen LogP contribution < -0.4 is 10.1 Å². The molecule has 1 aromatic heterocycles. The monoisotopic (exact) mass is 378 g/mol. The van der Waals surface area contributed by atoms with Crippen LogP contribution in [0.4, 0.5) is 26.3 Å². The van der Waals surface area contributed by atoms with E-state index in [4.69, 9.17) is 0 Å². The summed E-state index contributed by atoms with van der Waals surface area (Å²) in [5, 5.41) is 2.40. The number of carbonyl (C=O) groups excluding carboxylic acids is 1. The van der Waals surface area contributed by atoms with Crippen LogP contribution in [-0.2, 0) is 12.7 Å². The van der Waals surface area contributed by atoms with Crippen LogP contribution >= 0.6 is 0 Å². The fourth-order valence-corrected chi connectivity index (χ4v) is 1.86. The molecule has 0 aliphatic heterocycles. The van der Waals surface area contributed by atoms with E-state index in [1.165, 1.54) is 18.2 Å². The molecule has 4 nitrogen and oxygen atoms in total. The highest BCUT2D eigenvalue weighted by atomic mass is 19.4. The topological polar surface area (TPSA) is 51.2 Å². The number of nitrogens with zero attached hydrogens (tertiary/aromatic N) is 1.